The van der Waals surface area contributed by atoms with Gasteiger partial charge < -0.3 is 25.8 Å². The van der Waals surface area contributed by atoms with Gasteiger partial charge in [0.15, 0.2) is 6.29 Å². The number of aliphatic hydroxyl groups is 3. The Morgan fingerprint density at radius 1 is 1.18 bits per heavy atom. The lowest BCUT2D eigenvalue weighted by molar-refractivity contribution is -0.247. The first-order chi connectivity index (χ1) is 5.04. The molecule has 11 heavy (non-hydrogen) atoms. The molecule has 1 saturated heterocycles. The van der Waals surface area contributed by atoms with Crippen LogP contribution in [0.15, 0.2) is 0 Å². The monoisotopic (exact) mass is 163 g/mol. The minimum absolute atomic E-state index is 0.539. The molecular weight excluding hydrogens is 150 g/mol. The zero-order valence-corrected chi connectivity index (χ0v) is 6.21. The standard InChI is InChI=1S/C6H13NO4/c1-2-4(8)3(7)5(9)6(10)11-2/h2-6,8-10H,7H2,1H3/t2-,3+,4+,5-,6+/m0/s1. The van der Waals surface area contributed by atoms with Crippen LogP contribution in [-0.4, -0.2) is 46.0 Å². The maximum atomic E-state index is 9.21. The van der Waals surface area contributed by atoms with Gasteiger partial charge in [0.25, 0.3) is 0 Å². The molecule has 5 N–H and O–H groups in total. The molecule has 0 radical (unpaired) electrons. The zero-order chi connectivity index (χ0) is 8.59. The van der Waals surface area contributed by atoms with Crippen LogP contribution in [-0.2, 0) is 4.74 Å². The minimum atomic E-state index is -1.29. The molecule has 0 unspecified atom stereocenters. The third-order valence-electron chi connectivity index (χ3n) is 1.92. The van der Waals surface area contributed by atoms with Crippen molar-refractivity contribution in [2.24, 2.45) is 5.73 Å². The lowest BCUT2D eigenvalue weighted by Gasteiger charge is -2.37. The Labute approximate surface area is 64.4 Å². The quantitative estimate of drug-likeness (QED) is 0.324. The van der Waals surface area contributed by atoms with Crippen LogP contribution in [0.1, 0.15) is 6.92 Å². The van der Waals surface area contributed by atoms with E-state index in [0.29, 0.717) is 0 Å². The van der Waals surface area contributed by atoms with Crippen LogP contribution in [0.4, 0.5) is 0 Å². The van der Waals surface area contributed by atoms with Gasteiger partial charge in [0.2, 0.25) is 0 Å². The number of hydrogen-bond donors (Lipinski definition) is 4. The van der Waals surface area contributed by atoms with Crippen molar-refractivity contribution in [1.82, 2.24) is 0 Å². The average Bonchev–Trinajstić information content (AvgIpc) is 1.97. The summed E-state index contributed by atoms with van der Waals surface area (Å²) in [6, 6.07) is -0.839. The largest absolute Gasteiger partial charge is 0.389 e. The Bertz CT molecular complexity index is 129. The Kier molecular flexibility index (Phi) is 2.46. The lowest BCUT2D eigenvalue weighted by atomic mass is 9.98. The molecule has 1 aliphatic rings. The summed E-state index contributed by atoms with van der Waals surface area (Å²) in [6.45, 7) is 1.58. The molecule has 0 aromatic heterocycles. The van der Waals surface area contributed by atoms with Crippen molar-refractivity contribution >= 4 is 0 Å². The van der Waals surface area contributed by atoms with Gasteiger partial charge in [0.1, 0.15) is 6.10 Å². The van der Waals surface area contributed by atoms with Gasteiger partial charge in [0.05, 0.1) is 18.2 Å². The summed E-state index contributed by atoms with van der Waals surface area (Å²) in [6.07, 6.45) is -3.96. The second kappa shape index (κ2) is 3.04. The molecule has 1 fully saturated rings. The topological polar surface area (TPSA) is 95.9 Å². The van der Waals surface area contributed by atoms with E-state index in [1.807, 2.05) is 0 Å². The van der Waals surface area contributed by atoms with Crippen molar-refractivity contribution < 1.29 is 20.1 Å². The Morgan fingerprint density at radius 2 is 1.73 bits per heavy atom. The molecule has 0 aromatic carbocycles. The van der Waals surface area contributed by atoms with Crippen LogP contribution in [0.5, 0.6) is 0 Å². The van der Waals surface area contributed by atoms with Gasteiger partial charge >= 0.3 is 0 Å². The molecule has 1 aliphatic heterocycles. The van der Waals surface area contributed by atoms with Crippen molar-refractivity contribution in [3.8, 4) is 0 Å². The van der Waals surface area contributed by atoms with E-state index in [1.54, 1.807) is 6.92 Å². The van der Waals surface area contributed by atoms with Crippen LogP contribution in [0, 0.1) is 0 Å². The summed E-state index contributed by atoms with van der Waals surface area (Å²) in [5, 5.41) is 27.3. The second-order valence-electron chi connectivity index (χ2n) is 2.79. The third kappa shape index (κ3) is 1.52. The highest BCUT2D eigenvalue weighted by molar-refractivity contribution is 4.89. The smallest absolute Gasteiger partial charge is 0.182 e. The van der Waals surface area contributed by atoms with Crippen molar-refractivity contribution in [2.75, 3.05) is 0 Å². The SMILES string of the molecule is C[C@@H]1O[C@@H](O)[C@@H](O)[C@H](N)[C@@H]1O. The molecule has 0 bridgehead atoms. The van der Waals surface area contributed by atoms with Gasteiger partial charge in [0, 0.05) is 0 Å². The first kappa shape index (κ1) is 8.89. The van der Waals surface area contributed by atoms with Crippen molar-refractivity contribution in [3.05, 3.63) is 0 Å². The molecule has 0 aromatic rings. The summed E-state index contributed by atoms with van der Waals surface area (Å²) in [5.41, 5.74) is 5.36. The molecule has 5 nitrogen and oxygen atoms in total. The average molecular weight is 163 g/mol. The van der Waals surface area contributed by atoms with E-state index in [-0.39, 0.29) is 0 Å². The highest BCUT2D eigenvalue weighted by Crippen LogP contribution is 2.17. The van der Waals surface area contributed by atoms with Gasteiger partial charge in [-0.2, -0.15) is 0 Å². The fourth-order valence-corrected chi connectivity index (χ4v) is 1.09. The highest BCUT2D eigenvalue weighted by atomic mass is 16.6. The Balaban J connectivity index is 2.63. The lowest BCUT2D eigenvalue weighted by Crippen LogP contribution is -2.60. The van der Waals surface area contributed by atoms with E-state index >= 15 is 0 Å². The first-order valence-corrected chi connectivity index (χ1v) is 3.49. The molecule has 0 aliphatic carbocycles. The number of nitrogens with two attached hydrogens (primary N) is 1. The maximum absolute atomic E-state index is 9.21. The third-order valence-corrected chi connectivity index (χ3v) is 1.92. The van der Waals surface area contributed by atoms with E-state index in [2.05, 4.69) is 0 Å². The fraction of sp³-hybridized carbons (Fsp3) is 1.00. The van der Waals surface area contributed by atoms with Crippen LogP contribution in [0.2, 0.25) is 0 Å². The van der Waals surface area contributed by atoms with Gasteiger partial charge in [-0.1, -0.05) is 0 Å². The molecule has 1 heterocycles. The Hall–Kier alpha value is -0.200. The van der Waals surface area contributed by atoms with Gasteiger partial charge in [-0.05, 0) is 6.92 Å². The molecule has 5 atom stereocenters. The fourth-order valence-electron chi connectivity index (χ4n) is 1.09. The molecule has 5 heteroatoms. The van der Waals surface area contributed by atoms with Crippen molar-refractivity contribution in [2.45, 2.75) is 37.6 Å². The predicted octanol–water partition coefficient (Wildman–Crippen LogP) is -2.23. The molecule has 0 spiro atoms. The summed E-state index contributed by atoms with van der Waals surface area (Å²) >= 11 is 0. The van der Waals surface area contributed by atoms with E-state index in [9.17, 15) is 5.11 Å². The summed E-state index contributed by atoms with van der Waals surface area (Å²) in [4.78, 5) is 0. The van der Waals surface area contributed by atoms with Crippen LogP contribution >= 0.6 is 0 Å². The molecule has 0 saturated carbocycles. The minimum Gasteiger partial charge on any atom is -0.389 e. The summed E-state index contributed by atoms with van der Waals surface area (Å²) < 4.78 is 4.76. The molecular formula is C6H13NO4. The van der Waals surface area contributed by atoms with Crippen LogP contribution in [0.3, 0.4) is 0 Å². The van der Waals surface area contributed by atoms with Gasteiger partial charge in [-0.25, -0.2) is 0 Å². The van der Waals surface area contributed by atoms with E-state index < -0.39 is 30.6 Å². The van der Waals surface area contributed by atoms with E-state index in [1.165, 1.54) is 0 Å². The number of hydrogen-bond acceptors (Lipinski definition) is 5. The normalized spacial score (nSPS) is 52.6. The maximum Gasteiger partial charge on any atom is 0.182 e. The van der Waals surface area contributed by atoms with Gasteiger partial charge in [-0.3, -0.25) is 0 Å². The Morgan fingerprint density at radius 3 is 2.27 bits per heavy atom. The van der Waals surface area contributed by atoms with Gasteiger partial charge in [-0.15, -0.1) is 0 Å². The number of ether oxygens (including phenoxy) is 1. The molecule has 0 amide bonds. The molecule has 66 valence electrons. The highest BCUT2D eigenvalue weighted by Gasteiger charge is 2.39. The molecule has 1 rings (SSSR count). The first-order valence-electron chi connectivity index (χ1n) is 3.49. The summed E-state index contributed by atoms with van der Waals surface area (Å²) in [5.74, 6) is 0. The van der Waals surface area contributed by atoms with Crippen LogP contribution < -0.4 is 5.73 Å². The van der Waals surface area contributed by atoms with E-state index in [4.69, 9.17) is 20.7 Å². The summed E-state index contributed by atoms with van der Waals surface area (Å²) in [7, 11) is 0. The van der Waals surface area contributed by atoms with Crippen molar-refractivity contribution in [3.63, 3.8) is 0 Å². The number of aliphatic hydroxyl groups excluding tert-OH is 3. The zero-order valence-electron chi connectivity index (χ0n) is 6.21. The van der Waals surface area contributed by atoms with Crippen molar-refractivity contribution in [1.29, 1.82) is 0 Å². The van der Waals surface area contributed by atoms with Crippen LogP contribution in [0.25, 0.3) is 0 Å². The number of rotatable bonds is 0. The second-order valence-corrected chi connectivity index (χ2v) is 2.79. The van der Waals surface area contributed by atoms with E-state index in [0.717, 1.165) is 0 Å². The predicted molar refractivity (Wildman–Crippen MR) is 36.5 cm³/mol.